The normalized spacial score (nSPS) is 25.3. The summed E-state index contributed by atoms with van der Waals surface area (Å²) in [6.45, 7) is 3.38. The van der Waals surface area contributed by atoms with Crippen molar-refractivity contribution >= 4 is 23.6 Å². The summed E-state index contributed by atoms with van der Waals surface area (Å²) in [6.07, 6.45) is 8.01. The molecule has 4 atom stereocenters. The SMILES string of the molecule is CC(=O)N[C@H](Cc1ccccc1)C(=O)N1CC[C@H]2NC(=O)[C@H](Cc3ccccc3)NC(=O)C3(C/C=C/C[C@H]2C1)CCOCC3. The van der Waals surface area contributed by atoms with Crippen LogP contribution in [0.1, 0.15) is 50.2 Å². The molecule has 0 bridgehead atoms. The quantitative estimate of drug-likeness (QED) is 0.441. The molecule has 44 heavy (non-hydrogen) atoms. The van der Waals surface area contributed by atoms with Crippen molar-refractivity contribution in [2.24, 2.45) is 11.3 Å². The van der Waals surface area contributed by atoms with Gasteiger partial charge in [-0.05, 0) is 43.2 Å². The molecule has 0 radical (unpaired) electrons. The van der Waals surface area contributed by atoms with E-state index in [2.05, 4.69) is 28.1 Å². The van der Waals surface area contributed by atoms with Gasteiger partial charge in [0.05, 0.1) is 5.41 Å². The third-order valence-corrected chi connectivity index (χ3v) is 9.28. The highest BCUT2D eigenvalue weighted by atomic mass is 16.5. The van der Waals surface area contributed by atoms with Crippen LogP contribution in [0.25, 0.3) is 0 Å². The Hall–Kier alpha value is -3.98. The molecule has 0 aromatic heterocycles. The molecular weight excluding hydrogens is 556 g/mol. The fourth-order valence-electron chi connectivity index (χ4n) is 6.70. The fourth-order valence-corrected chi connectivity index (χ4v) is 6.70. The Kier molecular flexibility index (Phi) is 10.5. The van der Waals surface area contributed by atoms with E-state index in [-0.39, 0.29) is 35.6 Å². The minimum absolute atomic E-state index is 0.0132. The highest BCUT2D eigenvalue weighted by molar-refractivity contribution is 5.91. The molecule has 9 nitrogen and oxygen atoms in total. The zero-order valence-electron chi connectivity index (χ0n) is 25.5. The average molecular weight is 601 g/mol. The average Bonchev–Trinajstić information content (AvgIpc) is 3.03. The number of allylic oxidation sites excluding steroid dienone is 2. The first-order valence-electron chi connectivity index (χ1n) is 15.8. The van der Waals surface area contributed by atoms with Crippen LogP contribution in [-0.2, 0) is 36.8 Å². The van der Waals surface area contributed by atoms with Gasteiger partial charge in [0.2, 0.25) is 23.6 Å². The summed E-state index contributed by atoms with van der Waals surface area (Å²) < 4.78 is 5.60. The Morgan fingerprint density at radius 1 is 0.977 bits per heavy atom. The summed E-state index contributed by atoms with van der Waals surface area (Å²) in [5.41, 5.74) is 1.32. The minimum atomic E-state index is -0.719. The van der Waals surface area contributed by atoms with Crippen molar-refractivity contribution < 1.29 is 23.9 Å². The van der Waals surface area contributed by atoms with Crippen LogP contribution in [-0.4, -0.2) is 73.0 Å². The van der Waals surface area contributed by atoms with Gasteiger partial charge in [-0.3, -0.25) is 19.2 Å². The Morgan fingerprint density at radius 2 is 1.66 bits per heavy atom. The van der Waals surface area contributed by atoms with Gasteiger partial charge in [0.15, 0.2) is 0 Å². The lowest BCUT2D eigenvalue weighted by Gasteiger charge is -2.41. The summed E-state index contributed by atoms with van der Waals surface area (Å²) in [4.78, 5) is 55.3. The van der Waals surface area contributed by atoms with Gasteiger partial charge in [-0.1, -0.05) is 72.8 Å². The van der Waals surface area contributed by atoms with Crippen molar-refractivity contribution in [3.05, 3.63) is 83.9 Å². The van der Waals surface area contributed by atoms with Crippen LogP contribution in [0.4, 0.5) is 0 Å². The van der Waals surface area contributed by atoms with Crippen LogP contribution in [0.3, 0.4) is 0 Å². The van der Waals surface area contributed by atoms with Crippen molar-refractivity contribution in [3.8, 4) is 0 Å². The molecule has 234 valence electrons. The maximum absolute atomic E-state index is 13.9. The number of nitrogens with one attached hydrogen (secondary N) is 3. The van der Waals surface area contributed by atoms with Crippen molar-refractivity contribution in [3.63, 3.8) is 0 Å². The number of fused-ring (bicyclic) bond motifs is 1. The summed E-state index contributed by atoms with van der Waals surface area (Å²) >= 11 is 0. The van der Waals surface area contributed by atoms with E-state index >= 15 is 0 Å². The van der Waals surface area contributed by atoms with Gasteiger partial charge in [-0.2, -0.15) is 0 Å². The van der Waals surface area contributed by atoms with Crippen LogP contribution in [0.5, 0.6) is 0 Å². The maximum Gasteiger partial charge on any atom is 0.245 e. The summed E-state index contributed by atoms with van der Waals surface area (Å²) in [7, 11) is 0. The van der Waals surface area contributed by atoms with E-state index < -0.39 is 17.5 Å². The Balaban J connectivity index is 1.36. The first-order chi connectivity index (χ1) is 21.3. The molecule has 2 aromatic rings. The molecule has 9 heteroatoms. The number of nitrogens with zero attached hydrogens (tertiary/aromatic N) is 1. The number of benzene rings is 2. The highest BCUT2D eigenvalue weighted by Gasteiger charge is 2.42. The van der Waals surface area contributed by atoms with E-state index in [4.69, 9.17) is 4.74 Å². The summed E-state index contributed by atoms with van der Waals surface area (Å²) in [5.74, 6) is -0.672. The lowest BCUT2D eigenvalue weighted by atomic mass is 9.75. The molecule has 3 heterocycles. The molecular formula is C35H44N4O5. The second-order valence-corrected chi connectivity index (χ2v) is 12.4. The second kappa shape index (κ2) is 14.7. The molecule has 3 aliphatic heterocycles. The molecule has 4 amide bonds. The number of hydrogen-bond donors (Lipinski definition) is 3. The maximum atomic E-state index is 13.9. The monoisotopic (exact) mass is 600 g/mol. The van der Waals surface area contributed by atoms with Crippen LogP contribution < -0.4 is 16.0 Å². The molecule has 0 unspecified atom stereocenters. The fraction of sp³-hybridized carbons (Fsp3) is 0.486. The third kappa shape index (κ3) is 7.94. The van der Waals surface area contributed by atoms with Gasteiger partial charge in [0, 0.05) is 58.0 Å². The standard InChI is InChI=1S/C35H44N4O5/c1-25(40)36-31(23-27-12-6-3-7-13-27)33(42)39-19-15-29-28(24-39)14-8-9-16-35(17-20-44-21-18-35)34(43)38-30(32(41)37-29)22-26-10-4-2-5-11-26/h2-13,28-31H,14-24H2,1H3,(H,36,40)(H,37,41)(H,38,43)/b9-8+/t28-,29+,30-,31+/m0/s1. The van der Waals surface area contributed by atoms with Gasteiger partial charge in [-0.25, -0.2) is 0 Å². The van der Waals surface area contributed by atoms with Crippen molar-refractivity contribution in [1.82, 2.24) is 20.9 Å². The van der Waals surface area contributed by atoms with Crippen LogP contribution >= 0.6 is 0 Å². The number of carbonyl (C=O) groups excluding carboxylic acids is 4. The topological polar surface area (TPSA) is 117 Å². The Labute approximate surface area is 259 Å². The number of piperidine rings is 1. The van der Waals surface area contributed by atoms with Gasteiger partial charge in [0.1, 0.15) is 12.1 Å². The van der Waals surface area contributed by atoms with E-state index in [0.717, 1.165) is 11.1 Å². The number of hydrogen-bond acceptors (Lipinski definition) is 5. The van der Waals surface area contributed by atoms with E-state index in [9.17, 15) is 19.2 Å². The third-order valence-electron chi connectivity index (χ3n) is 9.28. The van der Waals surface area contributed by atoms with Crippen molar-refractivity contribution in [1.29, 1.82) is 0 Å². The Morgan fingerprint density at radius 3 is 2.34 bits per heavy atom. The van der Waals surface area contributed by atoms with E-state index in [1.54, 1.807) is 0 Å². The molecule has 3 aliphatic rings. The number of likely N-dealkylation sites (tertiary alicyclic amines) is 1. The van der Waals surface area contributed by atoms with Crippen molar-refractivity contribution in [2.75, 3.05) is 26.3 Å². The predicted octanol–water partition coefficient (Wildman–Crippen LogP) is 2.94. The van der Waals surface area contributed by atoms with Gasteiger partial charge >= 0.3 is 0 Å². The minimum Gasteiger partial charge on any atom is -0.381 e. The van der Waals surface area contributed by atoms with Gasteiger partial charge < -0.3 is 25.6 Å². The summed E-state index contributed by atoms with van der Waals surface area (Å²) in [6, 6.07) is 17.9. The molecule has 2 aromatic carbocycles. The molecule has 2 fully saturated rings. The highest BCUT2D eigenvalue weighted by Crippen LogP contribution is 2.36. The van der Waals surface area contributed by atoms with Crippen LogP contribution in [0.15, 0.2) is 72.8 Å². The number of ether oxygens (including phenoxy) is 1. The number of amides is 4. The molecule has 2 saturated heterocycles. The molecule has 5 rings (SSSR count). The van der Waals surface area contributed by atoms with Crippen LogP contribution in [0.2, 0.25) is 0 Å². The lowest BCUT2D eigenvalue weighted by molar-refractivity contribution is -0.141. The second-order valence-electron chi connectivity index (χ2n) is 12.4. The molecule has 0 saturated carbocycles. The van der Waals surface area contributed by atoms with Gasteiger partial charge in [-0.15, -0.1) is 0 Å². The lowest BCUT2D eigenvalue weighted by Crippen LogP contribution is -2.60. The first kappa shape index (κ1) is 31.4. The first-order valence-corrected chi connectivity index (χ1v) is 15.8. The largest absolute Gasteiger partial charge is 0.381 e. The smallest absolute Gasteiger partial charge is 0.245 e. The predicted molar refractivity (Wildman–Crippen MR) is 167 cm³/mol. The van der Waals surface area contributed by atoms with E-state index in [1.807, 2.05) is 65.6 Å². The molecule has 0 aliphatic carbocycles. The molecule has 1 spiro atoms. The number of carbonyl (C=O) groups is 4. The summed E-state index contributed by atoms with van der Waals surface area (Å²) in [5, 5.41) is 9.25. The molecule has 3 N–H and O–H groups in total. The van der Waals surface area contributed by atoms with Crippen LogP contribution in [0, 0.1) is 11.3 Å². The van der Waals surface area contributed by atoms with E-state index in [1.165, 1.54) is 6.92 Å². The van der Waals surface area contributed by atoms with E-state index in [0.29, 0.717) is 71.2 Å². The Bertz CT molecular complexity index is 1330. The number of rotatable bonds is 6. The zero-order valence-corrected chi connectivity index (χ0v) is 25.5. The van der Waals surface area contributed by atoms with Gasteiger partial charge in [0.25, 0.3) is 0 Å². The van der Waals surface area contributed by atoms with Crippen molar-refractivity contribution in [2.45, 2.75) is 70.0 Å². The zero-order chi connectivity index (χ0) is 30.9.